The van der Waals surface area contributed by atoms with E-state index in [0.717, 1.165) is 0 Å². The Morgan fingerprint density at radius 1 is 1.33 bits per heavy atom. The molecule has 0 fully saturated rings. The average Bonchev–Trinajstić information content (AvgIpc) is 2.91. The highest BCUT2D eigenvalue weighted by molar-refractivity contribution is 5.95. The minimum absolute atomic E-state index is 0.0344. The number of rotatable bonds is 5. The highest BCUT2D eigenvalue weighted by Crippen LogP contribution is 2.28. The van der Waals surface area contributed by atoms with Crippen LogP contribution in [-0.4, -0.2) is 18.1 Å². The molecule has 3 N–H and O–H groups in total. The van der Waals surface area contributed by atoms with Crippen molar-refractivity contribution in [3.05, 3.63) is 54.0 Å². The van der Waals surface area contributed by atoms with Crippen molar-refractivity contribution in [3.63, 3.8) is 0 Å². The fraction of sp³-hybridized carbons (Fsp3) is 0.133. The Balaban J connectivity index is 2.02. The van der Waals surface area contributed by atoms with Gasteiger partial charge in [0, 0.05) is 5.56 Å². The molecule has 0 bridgehead atoms. The Kier molecular flexibility index (Phi) is 4.18. The number of methoxy groups -OCH3 is 1. The number of aromatic hydroxyl groups is 1. The van der Waals surface area contributed by atoms with Gasteiger partial charge in [-0.1, -0.05) is 6.58 Å². The first-order valence-electron chi connectivity index (χ1n) is 6.19. The normalized spacial score (nSPS) is 10.0. The number of hydrogen-bond donors (Lipinski definition) is 3. The second-order valence-electron chi connectivity index (χ2n) is 4.33. The molecule has 0 spiro atoms. The number of hydrazine groups is 1. The van der Waals surface area contributed by atoms with Crippen LogP contribution >= 0.6 is 0 Å². The van der Waals surface area contributed by atoms with Crippen molar-refractivity contribution in [2.45, 2.75) is 6.92 Å². The van der Waals surface area contributed by atoms with Crippen molar-refractivity contribution >= 4 is 11.6 Å². The summed E-state index contributed by atoms with van der Waals surface area (Å²) in [7, 11) is 1.46. The number of ether oxygens (including phenoxy) is 1. The SMILES string of the molecule is C=C(NNC(=O)c1ccoc1C)c1ccc(O)c(OC)c1. The van der Waals surface area contributed by atoms with E-state index in [9.17, 15) is 9.90 Å². The van der Waals surface area contributed by atoms with Crippen molar-refractivity contribution in [2.24, 2.45) is 0 Å². The zero-order chi connectivity index (χ0) is 15.4. The topological polar surface area (TPSA) is 83.7 Å². The van der Waals surface area contributed by atoms with E-state index in [1.807, 2.05) is 0 Å². The Morgan fingerprint density at radius 3 is 2.71 bits per heavy atom. The first-order chi connectivity index (χ1) is 10.0. The molecule has 0 aliphatic carbocycles. The average molecular weight is 288 g/mol. The maximum atomic E-state index is 11.9. The highest BCUT2D eigenvalue weighted by atomic mass is 16.5. The van der Waals surface area contributed by atoms with Crippen LogP contribution in [0.2, 0.25) is 0 Å². The van der Waals surface area contributed by atoms with Crippen LogP contribution < -0.4 is 15.6 Å². The van der Waals surface area contributed by atoms with Crippen LogP contribution in [0.1, 0.15) is 21.7 Å². The molecule has 0 unspecified atom stereocenters. The third-order valence-corrected chi connectivity index (χ3v) is 2.96. The van der Waals surface area contributed by atoms with Gasteiger partial charge in [-0.3, -0.25) is 15.6 Å². The zero-order valence-electron chi connectivity index (χ0n) is 11.8. The minimum Gasteiger partial charge on any atom is -0.504 e. The van der Waals surface area contributed by atoms with Crippen molar-refractivity contribution in [2.75, 3.05) is 7.11 Å². The van der Waals surface area contributed by atoms with E-state index in [1.165, 1.54) is 19.4 Å². The van der Waals surface area contributed by atoms with Crippen LogP contribution in [0.15, 0.2) is 41.5 Å². The van der Waals surface area contributed by atoms with Gasteiger partial charge in [0.05, 0.1) is 24.6 Å². The smallest absolute Gasteiger partial charge is 0.273 e. The van der Waals surface area contributed by atoms with Crippen LogP contribution in [-0.2, 0) is 0 Å². The van der Waals surface area contributed by atoms with Gasteiger partial charge in [-0.25, -0.2) is 0 Å². The van der Waals surface area contributed by atoms with E-state index in [2.05, 4.69) is 17.4 Å². The number of phenolic OH excluding ortho intramolecular Hbond substituents is 1. The van der Waals surface area contributed by atoms with Crippen LogP contribution in [0.25, 0.3) is 5.70 Å². The van der Waals surface area contributed by atoms with Crippen LogP contribution in [0, 0.1) is 6.92 Å². The summed E-state index contributed by atoms with van der Waals surface area (Å²) in [6.45, 7) is 5.52. The standard InChI is InChI=1S/C15H16N2O4/c1-9(11-4-5-13(18)14(8-11)20-3)16-17-15(19)12-6-7-21-10(12)2/h4-8,16,18H,1H2,2-3H3,(H,17,19). The van der Waals surface area contributed by atoms with Gasteiger partial charge in [0.15, 0.2) is 11.5 Å². The van der Waals surface area contributed by atoms with Crippen molar-refractivity contribution in [1.29, 1.82) is 0 Å². The van der Waals surface area contributed by atoms with E-state index < -0.39 is 0 Å². The number of furan rings is 1. The maximum absolute atomic E-state index is 11.9. The van der Waals surface area contributed by atoms with E-state index in [-0.39, 0.29) is 11.7 Å². The molecule has 110 valence electrons. The number of aryl methyl sites for hydroxylation is 1. The molecule has 0 aliphatic heterocycles. The third kappa shape index (κ3) is 3.17. The van der Waals surface area contributed by atoms with Gasteiger partial charge < -0.3 is 14.3 Å². The Labute approximate surface area is 122 Å². The van der Waals surface area contributed by atoms with Crippen LogP contribution in [0.5, 0.6) is 11.5 Å². The second kappa shape index (κ2) is 6.04. The van der Waals surface area contributed by atoms with Gasteiger partial charge in [0.25, 0.3) is 5.91 Å². The lowest BCUT2D eigenvalue weighted by Gasteiger charge is -2.12. The Bertz CT molecular complexity index is 676. The van der Waals surface area contributed by atoms with E-state index in [0.29, 0.717) is 28.3 Å². The second-order valence-corrected chi connectivity index (χ2v) is 4.33. The molecule has 1 amide bonds. The molecule has 0 aliphatic rings. The number of carbonyl (C=O) groups is 1. The summed E-state index contributed by atoms with van der Waals surface area (Å²) in [6.07, 6.45) is 1.45. The minimum atomic E-state index is -0.326. The number of amides is 1. The van der Waals surface area contributed by atoms with Gasteiger partial charge in [-0.15, -0.1) is 0 Å². The molecule has 1 aromatic heterocycles. The van der Waals surface area contributed by atoms with Crippen molar-refractivity contribution in [1.82, 2.24) is 10.9 Å². The number of hydrogen-bond acceptors (Lipinski definition) is 5. The molecule has 2 rings (SSSR count). The van der Waals surface area contributed by atoms with E-state index in [4.69, 9.17) is 9.15 Å². The number of carbonyl (C=O) groups excluding carboxylic acids is 1. The van der Waals surface area contributed by atoms with Gasteiger partial charge in [-0.2, -0.15) is 0 Å². The van der Waals surface area contributed by atoms with Gasteiger partial charge >= 0.3 is 0 Å². The molecule has 0 saturated carbocycles. The fourth-order valence-corrected chi connectivity index (χ4v) is 1.76. The van der Waals surface area contributed by atoms with Crippen molar-refractivity contribution in [3.8, 4) is 11.5 Å². The molecule has 0 radical (unpaired) electrons. The lowest BCUT2D eigenvalue weighted by Crippen LogP contribution is -2.35. The summed E-state index contributed by atoms with van der Waals surface area (Å²) in [5.74, 6) is 0.568. The molecular formula is C15H16N2O4. The Morgan fingerprint density at radius 2 is 2.10 bits per heavy atom. The first-order valence-corrected chi connectivity index (χ1v) is 6.19. The largest absolute Gasteiger partial charge is 0.504 e. The van der Waals surface area contributed by atoms with Gasteiger partial charge in [0.1, 0.15) is 5.76 Å². The quantitative estimate of drug-likeness (QED) is 0.735. The molecule has 6 nitrogen and oxygen atoms in total. The first kappa shape index (κ1) is 14.5. The summed E-state index contributed by atoms with van der Waals surface area (Å²) in [6, 6.07) is 6.34. The van der Waals surface area contributed by atoms with E-state index in [1.54, 1.807) is 25.1 Å². The van der Waals surface area contributed by atoms with Crippen LogP contribution in [0.3, 0.4) is 0 Å². The molecule has 1 aromatic carbocycles. The molecule has 0 atom stereocenters. The lowest BCUT2D eigenvalue weighted by atomic mass is 10.1. The molecule has 1 heterocycles. The predicted molar refractivity (Wildman–Crippen MR) is 77.7 cm³/mol. The molecule has 6 heteroatoms. The van der Waals surface area contributed by atoms with Crippen LogP contribution in [0.4, 0.5) is 0 Å². The Hall–Kier alpha value is -2.89. The molecular weight excluding hydrogens is 272 g/mol. The van der Waals surface area contributed by atoms with Gasteiger partial charge in [-0.05, 0) is 31.2 Å². The molecule has 21 heavy (non-hydrogen) atoms. The molecule has 0 saturated heterocycles. The monoisotopic (exact) mass is 288 g/mol. The summed E-state index contributed by atoms with van der Waals surface area (Å²) in [5, 5.41) is 9.54. The highest BCUT2D eigenvalue weighted by Gasteiger charge is 2.11. The fourth-order valence-electron chi connectivity index (χ4n) is 1.76. The van der Waals surface area contributed by atoms with Gasteiger partial charge in [0.2, 0.25) is 0 Å². The predicted octanol–water partition coefficient (Wildman–Crippen LogP) is 2.21. The number of phenols is 1. The third-order valence-electron chi connectivity index (χ3n) is 2.96. The molecule has 2 aromatic rings. The summed E-state index contributed by atoms with van der Waals surface area (Å²) in [4.78, 5) is 11.9. The number of nitrogens with one attached hydrogen (secondary N) is 2. The maximum Gasteiger partial charge on any atom is 0.273 e. The summed E-state index contributed by atoms with van der Waals surface area (Å²) >= 11 is 0. The summed E-state index contributed by atoms with van der Waals surface area (Å²) in [5.41, 5.74) is 6.82. The lowest BCUT2D eigenvalue weighted by molar-refractivity contribution is 0.0941. The zero-order valence-corrected chi connectivity index (χ0v) is 11.8. The summed E-state index contributed by atoms with van der Waals surface area (Å²) < 4.78 is 10.1. The van der Waals surface area contributed by atoms with E-state index >= 15 is 0 Å². The van der Waals surface area contributed by atoms with Crippen molar-refractivity contribution < 1.29 is 19.1 Å². The number of benzene rings is 1.